The first kappa shape index (κ1) is 17.8. The lowest BCUT2D eigenvalue weighted by Crippen LogP contribution is -2.26. The summed E-state index contributed by atoms with van der Waals surface area (Å²) in [6.07, 6.45) is 5.75. The van der Waals surface area contributed by atoms with Crippen LogP contribution in [0.25, 0.3) is 21.9 Å². The van der Waals surface area contributed by atoms with Gasteiger partial charge in [0.25, 0.3) is 0 Å². The molecule has 0 saturated heterocycles. The lowest BCUT2D eigenvalue weighted by Gasteiger charge is -2.26. The van der Waals surface area contributed by atoms with Crippen molar-refractivity contribution in [2.75, 3.05) is 5.32 Å². The summed E-state index contributed by atoms with van der Waals surface area (Å²) in [5, 5.41) is 13.4. The van der Waals surface area contributed by atoms with E-state index >= 15 is 0 Å². The zero-order chi connectivity index (χ0) is 19.8. The number of aromatic nitrogens is 4. The second-order valence-electron chi connectivity index (χ2n) is 7.34. The van der Waals surface area contributed by atoms with E-state index in [1.54, 1.807) is 12.5 Å². The highest BCUT2D eigenvalue weighted by atomic mass is 19.1. The number of anilines is 2. The molecule has 0 unspecified atom stereocenters. The number of hydrogen-bond acceptors (Lipinski definition) is 6. The number of aliphatic hydroxyl groups excluding tert-OH is 1. The third-order valence-corrected chi connectivity index (χ3v) is 5.23. The summed E-state index contributed by atoms with van der Waals surface area (Å²) in [5.41, 5.74) is 3.14. The Kier molecular flexibility index (Phi) is 4.48. The monoisotopic (exact) mass is 393 g/mol. The summed E-state index contributed by atoms with van der Waals surface area (Å²) >= 11 is 0. The molecule has 0 atom stereocenters. The third-order valence-electron chi connectivity index (χ3n) is 5.23. The molecule has 0 radical (unpaired) electrons. The normalized spacial score (nSPS) is 19.5. The summed E-state index contributed by atoms with van der Waals surface area (Å²) in [4.78, 5) is 16.1. The van der Waals surface area contributed by atoms with Gasteiger partial charge in [-0.15, -0.1) is 0 Å². The fourth-order valence-electron chi connectivity index (χ4n) is 3.71. The van der Waals surface area contributed by atoms with Gasteiger partial charge in [0.2, 0.25) is 5.95 Å². The van der Waals surface area contributed by atoms with Gasteiger partial charge in [-0.2, -0.15) is 0 Å². The predicted molar refractivity (Wildman–Crippen MR) is 108 cm³/mol. The molecule has 29 heavy (non-hydrogen) atoms. The maximum absolute atomic E-state index is 14.1. The minimum atomic E-state index is -0.391. The molecule has 3 N–H and O–H groups in total. The molecule has 148 valence electrons. The number of halogens is 1. The molecule has 8 heteroatoms. The van der Waals surface area contributed by atoms with Crippen molar-refractivity contribution in [1.82, 2.24) is 19.9 Å². The summed E-state index contributed by atoms with van der Waals surface area (Å²) in [6, 6.07) is 8.47. The molecule has 1 saturated carbocycles. The molecular formula is C21H20FN5O2. The summed E-state index contributed by atoms with van der Waals surface area (Å²) in [5.74, 6) is 0.403. The minimum absolute atomic E-state index is 0.0578. The van der Waals surface area contributed by atoms with Crippen molar-refractivity contribution < 1.29 is 14.2 Å². The van der Waals surface area contributed by atoms with E-state index in [9.17, 15) is 9.50 Å². The minimum Gasteiger partial charge on any atom is -0.488 e. The lowest BCUT2D eigenvalue weighted by atomic mass is 9.95. The van der Waals surface area contributed by atoms with E-state index in [1.165, 1.54) is 12.1 Å². The van der Waals surface area contributed by atoms with E-state index < -0.39 is 5.82 Å². The zero-order valence-corrected chi connectivity index (χ0v) is 15.6. The summed E-state index contributed by atoms with van der Waals surface area (Å²) < 4.78 is 20.1. The van der Waals surface area contributed by atoms with Crippen molar-refractivity contribution >= 4 is 33.6 Å². The number of nitrogens with one attached hydrogen (secondary N) is 2. The average Bonchev–Trinajstić information content (AvgIpc) is 3.18. The number of ether oxygens (including phenoxy) is 1. The highest BCUT2D eigenvalue weighted by Crippen LogP contribution is 2.31. The number of imidazole rings is 1. The Hall–Kier alpha value is -3.26. The van der Waals surface area contributed by atoms with Crippen molar-refractivity contribution in [3.63, 3.8) is 0 Å². The fraction of sp³-hybridized carbons (Fsp3) is 0.286. The van der Waals surface area contributed by atoms with Crippen molar-refractivity contribution in [2.45, 2.75) is 37.9 Å². The van der Waals surface area contributed by atoms with Crippen LogP contribution < -0.4 is 10.1 Å². The van der Waals surface area contributed by atoms with E-state index in [0.29, 0.717) is 35.4 Å². The van der Waals surface area contributed by atoms with Gasteiger partial charge < -0.3 is 20.1 Å². The van der Waals surface area contributed by atoms with Crippen LogP contribution in [-0.4, -0.2) is 37.3 Å². The lowest BCUT2D eigenvalue weighted by molar-refractivity contribution is 0.0671. The van der Waals surface area contributed by atoms with E-state index in [4.69, 9.17) is 4.74 Å². The number of benzene rings is 2. The molecule has 2 aromatic carbocycles. The molecule has 7 nitrogen and oxygen atoms in total. The SMILES string of the molecule is OC1CCC(Oc2cc(F)cc3cnc(Nc4ccc5nc[nH]c5c4)nc23)CC1. The first-order valence-corrected chi connectivity index (χ1v) is 9.65. The largest absolute Gasteiger partial charge is 0.488 e. The second kappa shape index (κ2) is 7.29. The number of aromatic amines is 1. The molecule has 1 fully saturated rings. The van der Waals surface area contributed by atoms with Gasteiger partial charge in [0.05, 0.1) is 29.6 Å². The van der Waals surface area contributed by atoms with Gasteiger partial charge in [0.15, 0.2) is 0 Å². The highest BCUT2D eigenvalue weighted by Gasteiger charge is 2.22. The van der Waals surface area contributed by atoms with Crippen LogP contribution in [-0.2, 0) is 0 Å². The van der Waals surface area contributed by atoms with Gasteiger partial charge in [-0.3, -0.25) is 0 Å². The Morgan fingerprint density at radius 2 is 1.97 bits per heavy atom. The topological polar surface area (TPSA) is 96.0 Å². The van der Waals surface area contributed by atoms with Crippen LogP contribution >= 0.6 is 0 Å². The van der Waals surface area contributed by atoms with Gasteiger partial charge in [-0.05, 0) is 49.9 Å². The van der Waals surface area contributed by atoms with Crippen LogP contribution in [0.15, 0.2) is 42.9 Å². The molecule has 2 aromatic heterocycles. The molecular weight excluding hydrogens is 373 g/mol. The smallest absolute Gasteiger partial charge is 0.227 e. The molecule has 2 heterocycles. The molecule has 4 aromatic rings. The Bertz CT molecular complexity index is 1170. The number of hydrogen-bond donors (Lipinski definition) is 3. The quantitative estimate of drug-likeness (QED) is 0.484. The number of fused-ring (bicyclic) bond motifs is 2. The van der Waals surface area contributed by atoms with Crippen molar-refractivity contribution in [2.24, 2.45) is 0 Å². The first-order valence-electron chi connectivity index (χ1n) is 9.65. The van der Waals surface area contributed by atoms with E-state index in [2.05, 4.69) is 25.3 Å². The van der Waals surface area contributed by atoms with Crippen LogP contribution in [0.4, 0.5) is 16.0 Å². The Balaban J connectivity index is 1.45. The van der Waals surface area contributed by atoms with E-state index in [0.717, 1.165) is 29.6 Å². The van der Waals surface area contributed by atoms with E-state index in [-0.39, 0.29) is 12.2 Å². The number of H-pyrrole nitrogens is 1. The van der Waals surface area contributed by atoms with Gasteiger partial charge in [0.1, 0.15) is 17.1 Å². The predicted octanol–water partition coefficient (Wildman–Crippen LogP) is 4.07. The van der Waals surface area contributed by atoms with Gasteiger partial charge in [0, 0.05) is 23.3 Å². The second-order valence-corrected chi connectivity index (χ2v) is 7.34. The fourth-order valence-corrected chi connectivity index (χ4v) is 3.71. The van der Waals surface area contributed by atoms with Crippen LogP contribution in [0, 0.1) is 5.82 Å². The maximum atomic E-state index is 14.1. The summed E-state index contributed by atoms with van der Waals surface area (Å²) in [6.45, 7) is 0. The molecule has 0 amide bonds. The standard InChI is InChI=1S/C21H20FN5O2/c22-13-7-12-10-23-21(26-14-1-6-17-18(9-14)25-11-24-17)27-20(12)19(8-13)29-16-4-2-15(28)3-5-16/h1,6-11,15-16,28H,2-5H2,(H,24,25)(H,23,26,27). The molecule has 0 spiro atoms. The van der Waals surface area contributed by atoms with Gasteiger partial charge in [-0.25, -0.2) is 19.3 Å². The average molecular weight is 393 g/mol. The molecule has 1 aliphatic carbocycles. The zero-order valence-electron chi connectivity index (χ0n) is 15.6. The van der Waals surface area contributed by atoms with Crippen molar-refractivity contribution in [3.8, 4) is 5.75 Å². The number of nitrogens with zero attached hydrogens (tertiary/aromatic N) is 3. The van der Waals surface area contributed by atoms with Crippen LogP contribution in [0.2, 0.25) is 0 Å². The van der Waals surface area contributed by atoms with Crippen LogP contribution in [0.5, 0.6) is 5.75 Å². The number of rotatable bonds is 4. The molecule has 5 rings (SSSR count). The van der Waals surface area contributed by atoms with Crippen molar-refractivity contribution in [1.29, 1.82) is 0 Å². The Morgan fingerprint density at radius 1 is 1.10 bits per heavy atom. The summed E-state index contributed by atoms with van der Waals surface area (Å²) in [7, 11) is 0. The first-order chi connectivity index (χ1) is 14.1. The molecule has 0 aliphatic heterocycles. The van der Waals surface area contributed by atoms with Crippen LogP contribution in [0.1, 0.15) is 25.7 Å². The van der Waals surface area contributed by atoms with Crippen molar-refractivity contribution in [3.05, 3.63) is 48.7 Å². The molecule has 0 bridgehead atoms. The number of aliphatic hydroxyl groups is 1. The Labute approximate surface area is 166 Å². The van der Waals surface area contributed by atoms with E-state index in [1.807, 2.05) is 18.2 Å². The molecule has 1 aliphatic rings. The van der Waals surface area contributed by atoms with Gasteiger partial charge in [-0.1, -0.05) is 0 Å². The maximum Gasteiger partial charge on any atom is 0.227 e. The van der Waals surface area contributed by atoms with Crippen LogP contribution in [0.3, 0.4) is 0 Å². The van der Waals surface area contributed by atoms with Gasteiger partial charge >= 0.3 is 0 Å². The Morgan fingerprint density at radius 3 is 2.83 bits per heavy atom. The highest BCUT2D eigenvalue weighted by molar-refractivity contribution is 5.85. The third kappa shape index (κ3) is 3.71.